The van der Waals surface area contributed by atoms with Gasteiger partial charge in [-0.3, -0.25) is 9.36 Å². The van der Waals surface area contributed by atoms with Crippen LogP contribution in [0.2, 0.25) is 0 Å². The summed E-state index contributed by atoms with van der Waals surface area (Å²) in [6, 6.07) is 8.95. The van der Waals surface area contributed by atoms with Gasteiger partial charge in [0, 0.05) is 19.5 Å². The van der Waals surface area contributed by atoms with Crippen LogP contribution < -0.4 is 0 Å². The van der Waals surface area contributed by atoms with E-state index >= 15 is 0 Å². The van der Waals surface area contributed by atoms with E-state index in [0.717, 1.165) is 5.56 Å². The lowest BCUT2D eigenvalue weighted by Crippen LogP contribution is -2.40. The first-order chi connectivity index (χ1) is 9.60. The molecule has 1 heterocycles. The summed E-state index contributed by atoms with van der Waals surface area (Å²) in [6.45, 7) is 0.414. The van der Waals surface area contributed by atoms with Gasteiger partial charge in [-0.25, -0.2) is 4.67 Å². The number of nitrogens with zero attached hydrogens (tertiary/aromatic N) is 1. The minimum Gasteiger partial charge on any atom is -0.468 e. The van der Waals surface area contributed by atoms with Crippen molar-refractivity contribution in [3.63, 3.8) is 0 Å². The monoisotopic (exact) mass is 295 g/mol. The minimum atomic E-state index is -3.07. The summed E-state index contributed by atoms with van der Waals surface area (Å²) < 4.78 is 24.1. The summed E-state index contributed by atoms with van der Waals surface area (Å²) in [5.74, 6) is 1.13. The summed E-state index contributed by atoms with van der Waals surface area (Å²) in [5.41, 5.74) is 0.984. The molecule has 1 aromatic rings. The molecule has 2 rings (SSSR count). The molecule has 1 aromatic carbocycles. The van der Waals surface area contributed by atoms with Gasteiger partial charge in [0.1, 0.15) is 6.04 Å². The predicted octanol–water partition coefficient (Wildman–Crippen LogP) is 2.44. The Labute approximate surface area is 118 Å². The smallest absolute Gasteiger partial charge is 0.323 e. The van der Waals surface area contributed by atoms with Crippen LogP contribution in [0.1, 0.15) is 5.56 Å². The number of carbonyl (C=O) groups is 1. The van der Waals surface area contributed by atoms with E-state index in [0.29, 0.717) is 13.0 Å². The van der Waals surface area contributed by atoms with E-state index in [1.807, 2.05) is 30.3 Å². The van der Waals surface area contributed by atoms with Gasteiger partial charge in [-0.15, -0.1) is 0 Å². The molecule has 108 valence electrons. The lowest BCUT2D eigenvalue weighted by atomic mass is 10.1. The van der Waals surface area contributed by atoms with E-state index in [9.17, 15) is 9.36 Å². The van der Waals surface area contributed by atoms with E-state index in [1.54, 1.807) is 10.7 Å². The fourth-order valence-electron chi connectivity index (χ4n) is 2.26. The Balaban J connectivity index is 2.25. The Hall–Kier alpha value is -1.42. The molecule has 0 aliphatic carbocycles. The first-order valence-electron chi connectivity index (χ1n) is 6.33. The largest absolute Gasteiger partial charge is 0.468 e. The van der Waals surface area contributed by atoms with Gasteiger partial charge >= 0.3 is 5.97 Å². The highest BCUT2D eigenvalue weighted by Crippen LogP contribution is 2.56. The van der Waals surface area contributed by atoms with E-state index in [4.69, 9.17) is 9.26 Å². The highest BCUT2D eigenvalue weighted by atomic mass is 31.2. The van der Waals surface area contributed by atoms with Crippen molar-refractivity contribution in [3.05, 3.63) is 47.8 Å². The van der Waals surface area contributed by atoms with Gasteiger partial charge in [-0.05, 0) is 12.0 Å². The molecule has 0 N–H and O–H groups in total. The highest BCUT2D eigenvalue weighted by Gasteiger charge is 2.40. The first kappa shape index (κ1) is 15.0. The summed E-state index contributed by atoms with van der Waals surface area (Å²) >= 11 is 0. The third-order valence-corrected chi connectivity index (χ3v) is 5.58. The Bertz CT molecular complexity index is 543. The van der Waals surface area contributed by atoms with Gasteiger partial charge in [0.25, 0.3) is 7.52 Å². The molecule has 0 bridgehead atoms. The molecule has 20 heavy (non-hydrogen) atoms. The van der Waals surface area contributed by atoms with Crippen LogP contribution in [0.25, 0.3) is 0 Å². The summed E-state index contributed by atoms with van der Waals surface area (Å²) in [6.07, 6.45) is 2.19. The van der Waals surface area contributed by atoms with Crippen molar-refractivity contribution < 1.29 is 18.6 Å². The second-order valence-electron chi connectivity index (χ2n) is 4.48. The summed E-state index contributed by atoms with van der Waals surface area (Å²) in [4.78, 5) is 12.0. The summed E-state index contributed by atoms with van der Waals surface area (Å²) in [5, 5.41) is 0. The number of methoxy groups -OCH3 is 1. The summed E-state index contributed by atoms with van der Waals surface area (Å²) in [7, 11) is -0.345. The van der Waals surface area contributed by atoms with Gasteiger partial charge in [-0.1, -0.05) is 36.4 Å². The predicted molar refractivity (Wildman–Crippen MR) is 76.4 cm³/mol. The number of benzene rings is 1. The third-order valence-electron chi connectivity index (χ3n) is 3.31. The highest BCUT2D eigenvalue weighted by molar-refractivity contribution is 7.60. The topological polar surface area (TPSA) is 55.8 Å². The fraction of sp³-hybridized carbons (Fsp3) is 0.357. The Morgan fingerprint density at radius 1 is 1.35 bits per heavy atom. The molecule has 0 saturated heterocycles. The lowest BCUT2D eigenvalue weighted by molar-refractivity contribution is -0.145. The van der Waals surface area contributed by atoms with Gasteiger partial charge in [0.15, 0.2) is 0 Å². The number of hydrogen-bond donors (Lipinski definition) is 0. The Morgan fingerprint density at radius 2 is 2.05 bits per heavy atom. The molecule has 1 aliphatic heterocycles. The molecule has 0 saturated carbocycles. The van der Waals surface area contributed by atoms with Crippen molar-refractivity contribution in [3.8, 4) is 0 Å². The molecule has 0 fully saturated rings. The number of carbonyl (C=O) groups excluding carboxylic acids is 1. The second kappa shape index (κ2) is 6.35. The molecular formula is C14H18NO4P. The van der Waals surface area contributed by atoms with Crippen molar-refractivity contribution in [2.24, 2.45) is 0 Å². The molecule has 6 heteroatoms. The third kappa shape index (κ3) is 3.01. The van der Waals surface area contributed by atoms with Crippen molar-refractivity contribution in [1.82, 2.24) is 4.67 Å². The van der Waals surface area contributed by atoms with Gasteiger partial charge in [0.2, 0.25) is 0 Å². The fourth-order valence-corrected chi connectivity index (χ4v) is 4.01. The maximum absolute atomic E-state index is 12.6. The molecule has 0 spiro atoms. The lowest BCUT2D eigenvalue weighted by Gasteiger charge is -2.29. The van der Waals surface area contributed by atoms with Crippen LogP contribution in [0.4, 0.5) is 0 Å². The van der Waals surface area contributed by atoms with Crippen molar-refractivity contribution in [1.29, 1.82) is 0 Å². The molecule has 5 nitrogen and oxygen atoms in total. The minimum absolute atomic E-state index is 0.408. The maximum Gasteiger partial charge on any atom is 0.323 e. The average Bonchev–Trinajstić information content (AvgIpc) is 2.87. The zero-order valence-electron chi connectivity index (χ0n) is 11.6. The normalized spacial score (nSPS) is 23.7. The van der Waals surface area contributed by atoms with Crippen LogP contribution in [0.3, 0.4) is 0 Å². The van der Waals surface area contributed by atoms with Crippen LogP contribution in [0, 0.1) is 0 Å². The van der Waals surface area contributed by atoms with Gasteiger partial charge in [-0.2, -0.15) is 0 Å². The van der Waals surface area contributed by atoms with Crippen molar-refractivity contribution >= 4 is 13.5 Å². The molecule has 0 radical (unpaired) electrons. The average molecular weight is 295 g/mol. The van der Waals surface area contributed by atoms with Crippen LogP contribution in [0.5, 0.6) is 0 Å². The van der Waals surface area contributed by atoms with Crippen LogP contribution in [-0.4, -0.2) is 37.4 Å². The van der Waals surface area contributed by atoms with E-state index in [1.165, 1.54) is 20.0 Å². The molecular weight excluding hydrogens is 277 g/mol. The van der Waals surface area contributed by atoms with Crippen molar-refractivity contribution in [2.45, 2.75) is 12.5 Å². The number of hydrogen-bond acceptors (Lipinski definition) is 4. The number of esters is 1. The second-order valence-corrected chi connectivity index (χ2v) is 6.79. The zero-order valence-corrected chi connectivity index (χ0v) is 12.5. The van der Waals surface area contributed by atoms with Crippen LogP contribution in [0.15, 0.2) is 42.2 Å². The van der Waals surface area contributed by atoms with Gasteiger partial charge in [0.05, 0.1) is 7.11 Å². The quantitative estimate of drug-likeness (QED) is 0.617. The van der Waals surface area contributed by atoms with E-state index in [2.05, 4.69) is 0 Å². The van der Waals surface area contributed by atoms with Gasteiger partial charge < -0.3 is 9.26 Å². The van der Waals surface area contributed by atoms with E-state index in [-0.39, 0.29) is 0 Å². The van der Waals surface area contributed by atoms with Crippen LogP contribution in [-0.2, 0) is 25.0 Å². The standard InChI is InChI=1S/C14H18NO4P/c1-18-14(16)13(11-12-7-4-3-5-8-12)15-9-6-10-20(15,17)19-2/h3-8,10,13H,9,11H2,1-2H3. The number of ether oxygens (including phenoxy) is 1. The Kier molecular flexibility index (Phi) is 4.76. The maximum atomic E-state index is 12.6. The van der Waals surface area contributed by atoms with Crippen LogP contribution >= 0.6 is 7.52 Å². The van der Waals surface area contributed by atoms with Crippen molar-refractivity contribution in [2.75, 3.05) is 20.8 Å². The molecule has 0 amide bonds. The molecule has 0 aromatic heterocycles. The SMILES string of the molecule is COC(=O)C(Cc1ccccc1)N1CC=CP1(=O)OC. The molecule has 1 aliphatic rings. The Morgan fingerprint density at radius 3 is 2.65 bits per heavy atom. The van der Waals surface area contributed by atoms with E-state index < -0.39 is 19.5 Å². The zero-order chi connectivity index (χ0) is 14.6. The first-order valence-corrected chi connectivity index (χ1v) is 7.97. The molecule has 2 unspecified atom stereocenters. The molecule has 2 atom stereocenters. The number of rotatable bonds is 5.